The Balaban J connectivity index is 2.21. The van der Waals surface area contributed by atoms with E-state index in [0.717, 1.165) is 5.82 Å². The van der Waals surface area contributed by atoms with Gasteiger partial charge in [-0.3, -0.25) is 4.90 Å². The molecule has 0 aliphatic rings. The predicted octanol–water partition coefficient (Wildman–Crippen LogP) is 2.05. The maximum atomic E-state index is 12.8. The van der Waals surface area contributed by atoms with Gasteiger partial charge in [-0.2, -0.15) is 5.26 Å². The molecular formula is C12H11FN4. The molecule has 0 aliphatic heterocycles. The Bertz CT molecular complexity index is 538. The quantitative estimate of drug-likeness (QED) is 0.598. The molecule has 0 saturated heterocycles. The molecule has 0 spiro atoms. The normalized spacial score (nSPS) is 9.94. The number of hydrogen-bond donors (Lipinski definition) is 0. The molecule has 2 aromatic rings. The molecule has 0 atom stereocenters. The molecule has 0 unspecified atom stereocenters. The van der Waals surface area contributed by atoms with Crippen molar-refractivity contribution in [3.8, 4) is 6.19 Å². The first-order chi connectivity index (χ1) is 8.20. The summed E-state index contributed by atoms with van der Waals surface area (Å²) in [5.74, 6) is 0.458. The van der Waals surface area contributed by atoms with Gasteiger partial charge in [-0.15, -0.1) is 0 Å². The first-order valence-corrected chi connectivity index (χ1v) is 5.10. The topological polar surface area (TPSA) is 44.9 Å². The van der Waals surface area contributed by atoms with E-state index in [-0.39, 0.29) is 5.82 Å². The summed E-state index contributed by atoms with van der Waals surface area (Å²) in [6.07, 6.45) is 5.55. The van der Waals surface area contributed by atoms with Crippen LogP contribution >= 0.6 is 0 Å². The Morgan fingerprint density at radius 1 is 1.41 bits per heavy atom. The smallest absolute Gasteiger partial charge is 0.184 e. The van der Waals surface area contributed by atoms with Crippen LogP contribution in [0.15, 0.2) is 36.7 Å². The van der Waals surface area contributed by atoms with Gasteiger partial charge >= 0.3 is 0 Å². The van der Waals surface area contributed by atoms with Gasteiger partial charge in [-0.25, -0.2) is 9.37 Å². The number of halogens is 1. The number of benzene rings is 1. The van der Waals surface area contributed by atoms with E-state index in [1.54, 1.807) is 18.3 Å². The van der Waals surface area contributed by atoms with E-state index in [9.17, 15) is 4.39 Å². The van der Waals surface area contributed by atoms with Crippen molar-refractivity contribution >= 4 is 5.69 Å². The number of aryl methyl sites for hydroxylation is 1. The van der Waals surface area contributed by atoms with Crippen molar-refractivity contribution in [1.29, 1.82) is 5.26 Å². The minimum Gasteiger partial charge on any atom is -0.336 e. The Morgan fingerprint density at radius 2 is 2.12 bits per heavy atom. The van der Waals surface area contributed by atoms with Crippen LogP contribution in [0, 0.1) is 17.3 Å². The number of aromatic nitrogens is 2. The molecule has 1 heterocycles. The van der Waals surface area contributed by atoms with Gasteiger partial charge in [0.05, 0.1) is 12.2 Å². The van der Waals surface area contributed by atoms with E-state index >= 15 is 0 Å². The first kappa shape index (κ1) is 11.1. The van der Waals surface area contributed by atoms with Crippen molar-refractivity contribution in [2.75, 3.05) is 4.90 Å². The van der Waals surface area contributed by atoms with Crippen LogP contribution in [0.25, 0.3) is 0 Å². The van der Waals surface area contributed by atoms with E-state index in [0.29, 0.717) is 12.2 Å². The van der Waals surface area contributed by atoms with Crippen molar-refractivity contribution in [2.24, 2.45) is 7.05 Å². The van der Waals surface area contributed by atoms with E-state index in [2.05, 4.69) is 11.2 Å². The molecule has 0 saturated carbocycles. The molecule has 0 bridgehead atoms. The van der Waals surface area contributed by atoms with Gasteiger partial charge in [0, 0.05) is 19.4 Å². The van der Waals surface area contributed by atoms with Crippen LogP contribution in [0.2, 0.25) is 0 Å². The van der Waals surface area contributed by atoms with Gasteiger partial charge in [0.25, 0.3) is 0 Å². The fraction of sp³-hybridized carbons (Fsp3) is 0.167. The molecule has 0 fully saturated rings. The fourth-order valence-corrected chi connectivity index (χ4v) is 1.50. The summed E-state index contributed by atoms with van der Waals surface area (Å²) >= 11 is 0. The average molecular weight is 230 g/mol. The highest BCUT2D eigenvalue weighted by Gasteiger charge is 2.09. The van der Waals surface area contributed by atoms with Crippen LogP contribution < -0.4 is 4.90 Å². The maximum Gasteiger partial charge on any atom is 0.184 e. The van der Waals surface area contributed by atoms with Gasteiger partial charge < -0.3 is 4.57 Å². The SMILES string of the molecule is Cn1ccnc1CN(C#N)c1ccc(F)cc1. The highest BCUT2D eigenvalue weighted by atomic mass is 19.1. The average Bonchev–Trinajstić information content (AvgIpc) is 2.73. The molecule has 5 heteroatoms. The summed E-state index contributed by atoms with van der Waals surface area (Å²) in [6, 6.07) is 5.80. The second-order valence-corrected chi connectivity index (χ2v) is 3.62. The van der Waals surface area contributed by atoms with E-state index in [1.807, 2.05) is 17.8 Å². The third kappa shape index (κ3) is 2.42. The monoisotopic (exact) mass is 230 g/mol. The summed E-state index contributed by atoms with van der Waals surface area (Å²) in [7, 11) is 1.86. The van der Waals surface area contributed by atoms with Crippen LogP contribution in [0.1, 0.15) is 5.82 Å². The Morgan fingerprint density at radius 3 is 2.65 bits per heavy atom. The molecule has 86 valence electrons. The Kier molecular flexibility index (Phi) is 3.06. The lowest BCUT2D eigenvalue weighted by molar-refractivity contribution is 0.627. The fourth-order valence-electron chi connectivity index (χ4n) is 1.50. The molecule has 17 heavy (non-hydrogen) atoms. The van der Waals surface area contributed by atoms with Crippen molar-refractivity contribution < 1.29 is 4.39 Å². The third-order valence-electron chi connectivity index (χ3n) is 2.48. The van der Waals surface area contributed by atoms with Crippen molar-refractivity contribution in [1.82, 2.24) is 9.55 Å². The Hall–Kier alpha value is -2.35. The number of anilines is 1. The predicted molar refractivity (Wildman–Crippen MR) is 61.4 cm³/mol. The zero-order valence-electron chi connectivity index (χ0n) is 9.34. The minimum absolute atomic E-state index is 0.316. The molecule has 0 aliphatic carbocycles. The number of imidazole rings is 1. The third-order valence-corrected chi connectivity index (χ3v) is 2.48. The number of nitriles is 1. The molecule has 2 rings (SSSR count). The Labute approximate surface area is 98.5 Å². The standard InChI is InChI=1S/C12H11FN4/c1-16-7-6-15-12(16)8-17(9-14)11-4-2-10(13)3-5-11/h2-7H,8H2,1H3. The zero-order valence-corrected chi connectivity index (χ0v) is 9.34. The lowest BCUT2D eigenvalue weighted by atomic mass is 10.3. The maximum absolute atomic E-state index is 12.8. The molecule has 1 aromatic carbocycles. The van der Waals surface area contributed by atoms with Crippen molar-refractivity contribution in [2.45, 2.75) is 6.54 Å². The second-order valence-electron chi connectivity index (χ2n) is 3.62. The number of nitrogens with zero attached hydrogens (tertiary/aromatic N) is 4. The lowest BCUT2D eigenvalue weighted by Crippen LogP contribution is -2.18. The summed E-state index contributed by atoms with van der Waals surface area (Å²) in [4.78, 5) is 5.60. The lowest BCUT2D eigenvalue weighted by Gasteiger charge is -2.15. The van der Waals surface area contributed by atoms with Crippen LogP contribution in [-0.2, 0) is 13.6 Å². The highest BCUT2D eigenvalue weighted by Crippen LogP contribution is 2.16. The minimum atomic E-state index is -0.316. The molecule has 1 aromatic heterocycles. The van der Waals surface area contributed by atoms with Gasteiger partial charge in [0.15, 0.2) is 6.19 Å². The van der Waals surface area contributed by atoms with Crippen molar-refractivity contribution in [3.63, 3.8) is 0 Å². The summed E-state index contributed by atoms with van der Waals surface area (Å²) in [5, 5.41) is 9.08. The van der Waals surface area contributed by atoms with Crippen LogP contribution in [-0.4, -0.2) is 9.55 Å². The van der Waals surface area contributed by atoms with Gasteiger partial charge in [0.2, 0.25) is 0 Å². The molecule has 0 N–H and O–H groups in total. The molecular weight excluding hydrogens is 219 g/mol. The zero-order chi connectivity index (χ0) is 12.3. The van der Waals surface area contributed by atoms with E-state index in [1.165, 1.54) is 17.0 Å². The van der Waals surface area contributed by atoms with Crippen molar-refractivity contribution in [3.05, 3.63) is 48.3 Å². The first-order valence-electron chi connectivity index (χ1n) is 5.10. The van der Waals surface area contributed by atoms with E-state index in [4.69, 9.17) is 5.26 Å². The van der Waals surface area contributed by atoms with E-state index < -0.39 is 0 Å². The van der Waals surface area contributed by atoms with Gasteiger partial charge in [0.1, 0.15) is 11.6 Å². The van der Waals surface area contributed by atoms with Crippen LogP contribution in [0.3, 0.4) is 0 Å². The number of hydrogen-bond acceptors (Lipinski definition) is 3. The molecule has 0 amide bonds. The van der Waals surface area contributed by atoms with Gasteiger partial charge in [-0.1, -0.05) is 0 Å². The van der Waals surface area contributed by atoms with Gasteiger partial charge in [-0.05, 0) is 24.3 Å². The largest absolute Gasteiger partial charge is 0.336 e. The summed E-state index contributed by atoms with van der Waals surface area (Å²) in [5.41, 5.74) is 0.650. The summed E-state index contributed by atoms with van der Waals surface area (Å²) < 4.78 is 14.6. The van der Waals surface area contributed by atoms with Crippen LogP contribution in [0.4, 0.5) is 10.1 Å². The van der Waals surface area contributed by atoms with Crippen LogP contribution in [0.5, 0.6) is 0 Å². The molecule has 4 nitrogen and oxygen atoms in total. The highest BCUT2D eigenvalue weighted by molar-refractivity contribution is 5.50. The molecule has 0 radical (unpaired) electrons. The summed E-state index contributed by atoms with van der Waals surface area (Å²) in [6.45, 7) is 0.367. The number of rotatable bonds is 3. The second kappa shape index (κ2) is 4.66.